The van der Waals surface area contributed by atoms with Crippen LogP contribution in [0.2, 0.25) is 0 Å². The molecule has 1 saturated carbocycles. The van der Waals surface area contributed by atoms with Crippen molar-refractivity contribution in [1.29, 1.82) is 0 Å². The van der Waals surface area contributed by atoms with Gasteiger partial charge in [-0.15, -0.1) is 0 Å². The maximum atomic E-state index is 10.5. The number of benzene rings is 1. The van der Waals surface area contributed by atoms with Gasteiger partial charge < -0.3 is 5.11 Å². The third-order valence-electron chi connectivity index (χ3n) is 3.89. The lowest BCUT2D eigenvalue weighted by Crippen LogP contribution is -2.24. The number of aliphatic hydroxyl groups is 1. The minimum Gasteiger partial charge on any atom is -0.385 e. The van der Waals surface area contributed by atoms with Gasteiger partial charge >= 0.3 is 0 Å². The summed E-state index contributed by atoms with van der Waals surface area (Å²) in [6.07, 6.45) is 4.80. The molecule has 1 aliphatic carbocycles. The molecule has 16 heavy (non-hydrogen) atoms. The lowest BCUT2D eigenvalue weighted by molar-refractivity contribution is 0.0303. The second kappa shape index (κ2) is 4.58. The van der Waals surface area contributed by atoms with Gasteiger partial charge in [-0.25, -0.2) is 0 Å². The van der Waals surface area contributed by atoms with Gasteiger partial charge in [0.1, 0.15) is 0 Å². The zero-order valence-electron chi connectivity index (χ0n) is 10.3. The fourth-order valence-electron chi connectivity index (χ4n) is 2.99. The number of hydrogen-bond acceptors (Lipinski definition) is 1. The highest BCUT2D eigenvalue weighted by molar-refractivity contribution is 5.21. The van der Waals surface area contributed by atoms with Crippen molar-refractivity contribution in [3.8, 4) is 0 Å². The summed E-state index contributed by atoms with van der Waals surface area (Å²) < 4.78 is 0. The normalized spacial score (nSPS) is 28.9. The zero-order valence-corrected chi connectivity index (χ0v) is 10.3. The van der Waals surface area contributed by atoms with Crippen molar-refractivity contribution in [2.24, 2.45) is 11.8 Å². The van der Waals surface area contributed by atoms with Crippen LogP contribution in [-0.4, -0.2) is 5.11 Å². The van der Waals surface area contributed by atoms with Crippen LogP contribution < -0.4 is 0 Å². The molecule has 0 spiro atoms. The van der Waals surface area contributed by atoms with Crippen LogP contribution in [0.5, 0.6) is 0 Å². The van der Waals surface area contributed by atoms with Gasteiger partial charge in [0.2, 0.25) is 0 Å². The fourth-order valence-corrected chi connectivity index (χ4v) is 2.99. The molecule has 1 heteroatoms. The molecule has 1 fully saturated rings. The van der Waals surface area contributed by atoms with Gasteiger partial charge in [0.25, 0.3) is 0 Å². The summed E-state index contributed by atoms with van der Waals surface area (Å²) in [5.74, 6) is 1.54. The van der Waals surface area contributed by atoms with E-state index in [2.05, 4.69) is 6.92 Å². The molecule has 0 aromatic heterocycles. The fraction of sp³-hybridized carbons (Fsp3) is 0.600. The van der Waals surface area contributed by atoms with E-state index in [-0.39, 0.29) is 0 Å². The van der Waals surface area contributed by atoms with E-state index in [9.17, 15) is 5.11 Å². The monoisotopic (exact) mass is 218 g/mol. The average molecular weight is 218 g/mol. The zero-order chi connectivity index (χ0) is 11.6. The smallest absolute Gasteiger partial charge is 0.0871 e. The first kappa shape index (κ1) is 11.7. The largest absolute Gasteiger partial charge is 0.385 e. The van der Waals surface area contributed by atoms with E-state index < -0.39 is 5.60 Å². The quantitative estimate of drug-likeness (QED) is 0.819. The summed E-state index contributed by atoms with van der Waals surface area (Å²) in [6.45, 7) is 4.27. The van der Waals surface area contributed by atoms with Crippen molar-refractivity contribution in [2.75, 3.05) is 0 Å². The van der Waals surface area contributed by atoms with Crippen molar-refractivity contribution in [2.45, 2.75) is 45.1 Å². The van der Waals surface area contributed by atoms with Crippen LogP contribution in [0.4, 0.5) is 0 Å². The molecule has 0 radical (unpaired) electrons. The van der Waals surface area contributed by atoms with Crippen LogP contribution in [0.15, 0.2) is 30.3 Å². The first-order valence-corrected chi connectivity index (χ1v) is 6.36. The van der Waals surface area contributed by atoms with Crippen molar-refractivity contribution < 1.29 is 5.11 Å². The molecule has 3 unspecified atom stereocenters. The van der Waals surface area contributed by atoms with E-state index in [1.54, 1.807) is 0 Å². The standard InChI is InChI=1S/C15H22O/c1-12-8-9-13(10-12)11-15(2,16)14-6-4-3-5-7-14/h3-7,12-13,16H,8-11H2,1-2H3. The molecule has 1 N–H and O–H groups in total. The Morgan fingerprint density at radius 1 is 1.25 bits per heavy atom. The molecule has 0 aliphatic heterocycles. The van der Waals surface area contributed by atoms with Gasteiger partial charge in [0, 0.05) is 0 Å². The van der Waals surface area contributed by atoms with Gasteiger partial charge in [0.05, 0.1) is 5.60 Å². The van der Waals surface area contributed by atoms with Crippen LogP contribution in [0.25, 0.3) is 0 Å². The summed E-state index contributed by atoms with van der Waals surface area (Å²) in [6, 6.07) is 10.1. The third-order valence-corrected chi connectivity index (χ3v) is 3.89. The molecule has 1 aliphatic rings. The summed E-state index contributed by atoms with van der Waals surface area (Å²) in [5, 5.41) is 10.5. The minimum atomic E-state index is -0.657. The lowest BCUT2D eigenvalue weighted by atomic mass is 9.85. The van der Waals surface area contributed by atoms with Crippen molar-refractivity contribution in [3.05, 3.63) is 35.9 Å². The molecule has 0 heterocycles. The van der Waals surface area contributed by atoms with Gasteiger partial charge in [0.15, 0.2) is 0 Å². The molecule has 0 saturated heterocycles. The maximum absolute atomic E-state index is 10.5. The molecule has 88 valence electrons. The van der Waals surface area contributed by atoms with Crippen LogP contribution >= 0.6 is 0 Å². The third kappa shape index (κ3) is 2.65. The van der Waals surface area contributed by atoms with Gasteiger partial charge in [-0.2, -0.15) is 0 Å². The molecule has 0 bridgehead atoms. The van der Waals surface area contributed by atoms with E-state index in [4.69, 9.17) is 0 Å². The van der Waals surface area contributed by atoms with Gasteiger partial charge in [-0.05, 0) is 37.2 Å². The lowest BCUT2D eigenvalue weighted by Gasteiger charge is -2.27. The Balaban J connectivity index is 2.03. The highest BCUT2D eigenvalue weighted by Gasteiger charge is 2.30. The van der Waals surface area contributed by atoms with Crippen molar-refractivity contribution in [1.82, 2.24) is 0 Å². The van der Waals surface area contributed by atoms with E-state index in [0.29, 0.717) is 5.92 Å². The van der Waals surface area contributed by atoms with Gasteiger partial charge in [-0.1, -0.05) is 50.1 Å². The van der Waals surface area contributed by atoms with Crippen LogP contribution in [0.3, 0.4) is 0 Å². The SMILES string of the molecule is CC1CCC(CC(C)(O)c2ccccc2)C1. The predicted molar refractivity (Wildman–Crippen MR) is 67.1 cm³/mol. The van der Waals surface area contributed by atoms with E-state index in [1.807, 2.05) is 37.3 Å². The van der Waals surface area contributed by atoms with Crippen LogP contribution in [-0.2, 0) is 5.60 Å². The maximum Gasteiger partial charge on any atom is 0.0871 e. The predicted octanol–water partition coefficient (Wildman–Crippen LogP) is 3.72. The molecule has 3 atom stereocenters. The Morgan fingerprint density at radius 2 is 1.94 bits per heavy atom. The van der Waals surface area contributed by atoms with Crippen LogP contribution in [0.1, 0.15) is 45.1 Å². The van der Waals surface area contributed by atoms with Crippen LogP contribution in [0, 0.1) is 11.8 Å². The second-order valence-corrected chi connectivity index (χ2v) is 5.63. The van der Waals surface area contributed by atoms with E-state index >= 15 is 0 Å². The Morgan fingerprint density at radius 3 is 2.50 bits per heavy atom. The summed E-state index contributed by atoms with van der Waals surface area (Å²) in [5.41, 5.74) is 0.394. The van der Waals surface area contributed by atoms with Crippen molar-refractivity contribution >= 4 is 0 Å². The highest BCUT2D eigenvalue weighted by Crippen LogP contribution is 2.38. The first-order valence-electron chi connectivity index (χ1n) is 6.36. The number of hydrogen-bond donors (Lipinski definition) is 1. The average Bonchev–Trinajstić information content (AvgIpc) is 2.64. The first-order chi connectivity index (χ1) is 7.58. The van der Waals surface area contributed by atoms with E-state index in [1.165, 1.54) is 19.3 Å². The summed E-state index contributed by atoms with van der Waals surface area (Å²) >= 11 is 0. The molecule has 1 aromatic rings. The molecule has 2 rings (SSSR count). The molecule has 1 aromatic carbocycles. The molecular formula is C15H22O. The Bertz CT molecular complexity index is 329. The summed E-state index contributed by atoms with van der Waals surface area (Å²) in [7, 11) is 0. The molecular weight excluding hydrogens is 196 g/mol. The summed E-state index contributed by atoms with van der Waals surface area (Å²) in [4.78, 5) is 0. The topological polar surface area (TPSA) is 20.2 Å². The molecule has 0 amide bonds. The highest BCUT2D eigenvalue weighted by atomic mass is 16.3. The second-order valence-electron chi connectivity index (χ2n) is 5.63. The number of rotatable bonds is 3. The Kier molecular flexibility index (Phi) is 3.34. The minimum absolute atomic E-state index is 0.657. The Hall–Kier alpha value is -0.820. The van der Waals surface area contributed by atoms with Gasteiger partial charge in [-0.3, -0.25) is 0 Å². The van der Waals surface area contributed by atoms with Crippen molar-refractivity contribution in [3.63, 3.8) is 0 Å². The Labute approximate surface area is 98.5 Å². The molecule has 1 nitrogen and oxygen atoms in total. The van der Waals surface area contributed by atoms with E-state index in [0.717, 1.165) is 17.9 Å².